The van der Waals surface area contributed by atoms with Crippen molar-refractivity contribution in [2.75, 3.05) is 32.9 Å². The summed E-state index contributed by atoms with van der Waals surface area (Å²) in [6.07, 6.45) is -0.207. The van der Waals surface area contributed by atoms with Crippen molar-refractivity contribution >= 4 is 11.9 Å². The Bertz CT molecular complexity index is 579. The molecule has 1 aliphatic rings. The Labute approximate surface area is 133 Å². The third-order valence-corrected chi connectivity index (χ3v) is 3.70. The molecule has 1 amide bonds. The molecule has 0 aromatic heterocycles. The third-order valence-electron chi connectivity index (χ3n) is 3.70. The quantitative estimate of drug-likeness (QED) is 0.773. The number of benzene rings is 1. The molecule has 0 bridgehead atoms. The van der Waals surface area contributed by atoms with E-state index in [-0.39, 0.29) is 13.0 Å². The number of carbonyl (C=O) groups is 2. The van der Waals surface area contributed by atoms with Gasteiger partial charge in [0, 0.05) is 19.6 Å². The number of ether oxygens (including phenoxy) is 2. The van der Waals surface area contributed by atoms with Crippen LogP contribution in [-0.4, -0.2) is 60.5 Å². The largest absolute Gasteiger partial charge is 0.490 e. The van der Waals surface area contributed by atoms with E-state index in [4.69, 9.17) is 14.6 Å². The number of alkyl halides is 1. The minimum Gasteiger partial charge on any atom is -0.490 e. The van der Waals surface area contributed by atoms with Crippen LogP contribution in [0.25, 0.3) is 0 Å². The summed E-state index contributed by atoms with van der Waals surface area (Å²) in [5.74, 6) is -1.59. The standard InChI is InChI=1S/C16H20FNO5/c1-2-22-9-10-23-13-6-4-3-5-12(13)14(19)18-8-7-16(17,11-18)15(20)21/h3-6H,2,7-11H2,1H3,(H,20,21). The molecule has 1 atom stereocenters. The van der Waals surface area contributed by atoms with Crippen LogP contribution in [0.4, 0.5) is 4.39 Å². The van der Waals surface area contributed by atoms with Gasteiger partial charge in [0.2, 0.25) is 5.67 Å². The van der Waals surface area contributed by atoms with Crippen LogP contribution in [0, 0.1) is 0 Å². The highest BCUT2D eigenvalue weighted by Gasteiger charge is 2.47. The van der Waals surface area contributed by atoms with Crippen molar-refractivity contribution in [3.8, 4) is 5.75 Å². The number of para-hydroxylation sites is 1. The number of nitrogens with zero attached hydrogens (tertiary/aromatic N) is 1. The number of amides is 1. The van der Waals surface area contributed by atoms with E-state index in [0.29, 0.717) is 31.1 Å². The molecule has 1 aromatic carbocycles. The monoisotopic (exact) mass is 325 g/mol. The van der Waals surface area contributed by atoms with Gasteiger partial charge in [-0.05, 0) is 19.1 Å². The van der Waals surface area contributed by atoms with Crippen LogP contribution < -0.4 is 4.74 Å². The Balaban J connectivity index is 2.06. The first kappa shape index (κ1) is 17.2. The lowest BCUT2D eigenvalue weighted by Crippen LogP contribution is -2.39. The van der Waals surface area contributed by atoms with Crippen molar-refractivity contribution < 1.29 is 28.6 Å². The van der Waals surface area contributed by atoms with Gasteiger partial charge in [0.15, 0.2) is 0 Å². The first-order valence-electron chi connectivity index (χ1n) is 7.49. The van der Waals surface area contributed by atoms with E-state index >= 15 is 0 Å². The number of hydrogen-bond donors (Lipinski definition) is 1. The third kappa shape index (κ3) is 3.98. The molecule has 126 valence electrons. The van der Waals surface area contributed by atoms with Gasteiger partial charge in [0.1, 0.15) is 12.4 Å². The Morgan fingerprint density at radius 1 is 1.35 bits per heavy atom. The van der Waals surface area contributed by atoms with Crippen LogP contribution in [0.15, 0.2) is 24.3 Å². The summed E-state index contributed by atoms with van der Waals surface area (Å²) in [6.45, 7) is 2.75. The minimum absolute atomic E-state index is 0.0644. The fourth-order valence-electron chi connectivity index (χ4n) is 2.42. The molecule has 1 fully saturated rings. The maximum absolute atomic E-state index is 14.1. The van der Waals surface area contributed by atoms with Crippen LogP contribution >= 0.6 is 0 Å². The Hall–Kier alpha value is -2.15. The molecule has 7 heteroatoms. The molecule has 1 heterocycles. The molecule has 0 aliphatic carbocycles. The number of hydrogen-bond acceptors (Lipinski definition) is 4. The Morgan fingerprint density at radius 2 is 2.09 bits per heavy atom. The fourth-order valence-corrected chi connectivity index (χ4v) is 2.42. The van der Waals surface area contributed by atoms with Gasteiger partial charge in [0.25, 0.3) is 5.91 Å². The van der Waals surface area contributed by atoms with Crippen LogP contribution in [0.3, 0.4) is 0 Å². The maximum atomic E-state index is 14.1. The second kappa shape index (κ2) is 7.41. The number of rotatable bonds is 7. The molecule has 6 nitrogen and oxygen atoms in total. The van der Waals surface area contributed by atoms with Gasteiger partial charge in [-0.2, -0.15) is 0 Å². The zero-order chi connectivity index (χ0) is 16.9. The predicted octanol–water partition coefficient (Wildman–Crippen LogP) is 1.74. The SMILES string of the molecule is CCOCCOc1ccccc1C(=O)N1CCC(F)(C(=O)O)C1. The zero-order valence-corrected chi connectivity index (χ0v) is 13.0. The first-order chi connectivity index (χ1) is 11.0. The first-order valence-corrected chi connectivity index (χ1v) is 7.49. The highest BCUT2D eigenvalue weighted by Crippen LogP contribution is 2.29. The summed E-state index contributed by atoms with van der Waals surface area (Å²) in [5, 5.41) is 8.91. The van der Waals surface area contributed by atoms with E-state index in [9.17, 15) is 14.0 Å². The average molecular weight is 325 g/mol. The number of carbonyl (C=O) groups excluding carboxylic acids is 1. The molecule has 1 aliphatic heterocycles. The summed E-state index contributed by atoms with van der Waals surface area (Å²) in [4.78, 5) is 24.7. The number of aliphatic carboxylic acids is 1. The predicted molar refractivity (Wildman–Crippen MR) is 80.4 cm³/mol. The maximum Gasteiger partial charge on any atom is 0.343 e. The smallest absolute Gasteiger partial charge is 0.343 e. The van der Waals surface area contributed by atoms with Gasteiger partial charge in [-0.25, -0.2) is 9.18 Å². The van der Waals surface area contributed by atoms with Crippen molar-refractivity contribution in [1.29, 1.82) is 0 Å². The summed E-state index contributed by atoms with van der Waals surface area (Å²) in [5.41, 5.74) is -2.08. The molecule has 0 spiro atoms. The van der Waals surface area contributed by atoms with E-state index in [2.05, 4.69) is 0 Å². The molecular weight excluding hydrogens is 305 g/mol. The molecule has 1 N–H and O–H groups in total. The lowest BCUT2D eigenvalue weighted by Gasteiger charge is -2.19. The Kier molecular flexibility index (Phi) is 5.54. The van der Waals surface area contributed by atoms with Crippen molar-refractivity contribution in [2.45, 2.75) is 19.0 Å². The number of carboxylic acids is 1. The average Bonchev–Trinajstić information content (AvgIpc) is 2.95. The highest BCUT2D eigenvalue weighted by atomic mass is 19.1. The molecule has 1 aromatic rings. The zero-order valence-electron chi connectivity index (χ0n) is 13.0. The van der Waals surface area contributed by atoms with Crippen LogP contribution in [0.2, 0.25) is 0 Å². The van der Waals surface area contributed by atoms with Gasteiger partial charge in [-0.1, -0.05) is 12.1 Å². The fraction of sp³-hybridized carbons (Fsp3) is 0.500. The van der Waals surface area contributed by atoms with Crippen molar-refractivity contribution in [3.63, 3.8) is 0 Å². The van der Waals surface area contributed by atoms with Gasteiger partial charge in [0.05, 0.1) is 18.7 Å². The molecule has 2 rings (SSSR count). The molecule has 0 saturated carbocycles. The number of halogens is 1. The summed E-state index contributed by atoms with van der Waals surface area (Å²) < 4.78 is 24.8. The van der Waals surface area contributed by atoms with Crippen molar-refractivity contribution in [1.82, 2.24) is 4.90 Å². The summed E-state index contributed by atoms with van der Waals surface area (Å²) >= 11 is 0. The number of carboxylic acid groups (broad SMARTS) is 1. The lowest BCUT2D eigenvalue weighted by atomic mass is 10.1. The summed E-state index contributed by atoms with van der Waals surface area (Å²) in [6, 6.07) is 6.64. The van der Waals surface area contributed by atoms with E-state index in [1.165, 1.54) is 4.90 Å². The normalized spacial score (nSPS) is 20.5. The van der Waals surface area contributed by atoms with Crippen LogP contribution in [-0.2, 0) is 9.53 Å². The van der Waals surface area contributed by atoms with Crippen molar-refractivity contribution in [2.24, 2.45) is 0 Å². The summed E-state index contributed by atoms with van der Waals surface area (Å²) in [7, 11) is 0. The highest BCUT2D eigenvalue weighted by molar-refractivity contribution is 5.97. The van der Waals surface area contributed by atoms with Gasteiger partial charge in [-0.3, -0.25) is 4.79 Å². The molecule has 1 unspecified atom stereocenters. The molecular formula is C16H20FNO5. The second-order valence-electron chi connectivity index (χ2n) is 5.29. The van der Waals surface area contributed by atoms with Gasteiger partial charge < -0.3 is 19.5 Å². The topological polar surface area (TPSA) is 76.1 Å². The molecule has 0 radical (unpaired) electrons. The number of likely N-dealkylation sites (tertiary alicyclic amines) is 1. The van der Waals surface area contributed by atoms with Crippen LogP contribution in [0.1, 0.15) is 23.7 Å². The van der Waals surface area contributed by atoms with Gasteiger partial charge >= 0.3 is 5.97 Å². The Morgan fingerprint density at radius 3 is 2.74 bits per heavy atom. The van der Waals surface area contributed by atoms with E-state index in [0.717, 1.165) is 0 Å². The second-order valence-corrected chi connectivity index (χ2v) is 5.29. The molecule has 1 saturated heterocycles. The molecule has 23 heavy (non-hydrogen) atoms. The van der Waals surface area contributed by atoms with Crippen molar-refractivity contribution in [3.05, 3.63) is 29.8 Å². The van der Waals surface area contributed by atoms with Crippen LogP contribution in [0.5, 0.6) is 5.75 Å². The van der Waals surface area contributed by atoms with E-state index in [1.807, 2.05) is 6.92 Å². The van der Waals surface area contributed by atoms with E-state index in [1.54, 1.807) is 24.3 Å². The van der Waals surface area contributed by atoms with Gasteiger partial charge in [-0.15, -0.1) is 0 Å². The van der Waals surface area contributed by atoms with E-state index < -0.39 is 24.1 Å². The minimum atomic E-state index is -2.37. The lowest BCUT2D eigenvalue weighted by molar-refractivity contribution is -0.149.